The SMILES string of the molecule is CC1(CNc2nc(Cl)nc(-n3ccnc3)n2)CCCO1. The van der Waals surface area contributed by atoms with E-state index in [1.807, 2.05) is 0 Å². The number of ether oxygens (including phenoxy) is 1. The van der Waals surface area contributed by atoms with Gasteiger partial charge in [0.15, 0.2) is 0 Å². The van der Waals surface area contributed by atoms with Crippen LogP contribution in [0.2, 0.25) is 5.28 Å². The van der Waals surface area contributed by atoms with Gasteiger partial charge in [-0.25, -0.2) is 4.98 Å². The molecule has 2 aromatic heterocycles. The summed E-state index contributed by atoms with van der Waals surface area (Å²) >= 11 is 5.93. The number of nitrogens with zero attached hydrogens (tertiary/aromatic N) is 5. The summed E-state index contributed by atoms with van der Waals surface area (Å²) in [6, 6.07) is 0. The third kappa shape index (κ3) is 2.88. The van der Waals surface area contributed by atoms with E-state index < -0.39 is 0 Å². The van der Waals surface area contributed by atoms with Crippen molar-refractivity contribution in [3.05, 3.63) is 24.0 Å². The van der Waals surface area contributed by atoms with Gasteiger partial charge in [0, 0.05) is 25.5 Å². The largest absolute Gasteiger partial charge is 0.373 e. The van der Waals surface area contributed by atoms with Crippen LogP contribution in [0.15, 0.2) is 18.7 Å². The molecule has 0 aliphatic carbocycles. The van der Waals surface area contributed by atoms with Crippen molar-refractivity contribution in [1.82, 2.24) is 24.5 Å². The molecule has 0 saturated carbocycles. The first-order valence-electron chi connectivity index (χ1n) is 6.42. The monoisotopic (exact) mass is 294 g/mol. The average molecular weight is 295 g/mol. The molecule has 1 aliphatic heterocycles. The van der Waals surface area contributed by atoms with Crippen molar-refractivity contribution in [2.24, 2.45) is 0 Å². The molecule has 2 aromatic rings. The summed E-state index contributed by atoms with van der Waals surface area (Å²) in [7, 11) is 0. The fourth-order valence-electron chi connectivity index (χ4n) is 2.15. The van der Waals surface area contributed by atoms with Crippen LogP contribution in [0.5, 0.6) is 0 Å². The van der Waals surface area contributed by atoms with E-state index in [1.54, 1.807) is 23.3 Å². The second kappa shape index (κ2) is 5.34. The van der Waals surface area contributed by atoms with Crippen molar-refractivity contribution in [1.29, 1.82) is 0 Å². The number of nitrogens with one attached hydrogen (secondary N) is 1. The van der Waals surface area contributed by atoms with Gasteiger partial charge < -0.3 is 10.1 Å². The van der Waals surface area contributed by atoms with Crippen LogP contribution in [0, 0.1) is 0 Å². The van der Waals surface area contributed by atoms with Crippen molar-refractivity contribution in [3.8, 4) is 5.95 Å². The van der Waals surface area contributed by atoms with E-state index in [-0.39, 0.29) is 10.9 Å². The Labute approximate surface area is 121 Å². The Morgan fingerprint density at radius 3 is 3.05 bits per heavy atom. The summed E-state index contributed by atoms with van der Waals surface area (Å²) in [5, 5.41) is 3.31. The summed E-state index contributed by atoms with van der Waals surface area (Å²) in [6.45, 7) is 3.51. The van der Waals surface area contributed by atoms with E-state index in [0.717, 1.165) is 19.4 Å². The van der Waals surface area contributed by atoms with Gasteiger partial charge in [-0.15, -0.1) is 0 Å². The first kappa shape index (κ1) is 13.3. The van der Waals surface area contributed by atoms with Crippen LogP contribution >= 0.6 is 11.6 Å². The highest BCUT2D eigenvalue weighted by atomic mass is 35.5. The quantitative estimate of drug-likeness (QED) is 0.924. The number of hydrogen-bond donors (Lipinski definition) is 1. The molecule has 0 radical (unpaired) electrons. The Hall–Kier alpha value is -1.73. The lowest BCUT2D eigenvalue weighted by molar-refractivity contribution is 0.0314. The molecule has 1 unspecified atom stereocenters. The predicted octanol–water partition coefficient (Wildman–Crippen LogP) is 1.69. The van der Waals surface area contributed by atoms with E-state index in [4.69, 9.17) is 16.3 Å². The van der Waals surface area contributed by atoms with Crippen LogP contribution in [0.1, 0.15) is 19.8 Å². The molecule has 0 bridgehead atoms. The first-order chi connectivity index (χ1) is 9.65. The second-order valence-corrected chi connectivity index (χ2v) is 5.29. The third-order valence-corrected chi connectivity index (χ3v) is 3.42. The molecular weight excluding hydrogens is 280 g/mol. The summed E-state index contributed by atoms with van der Waals surface area (Å²) < 4.78 is 7.39. The van der Waals surface area contributed by atoms with Crippen LogP contribution in [-0.4, -0.2) is 43.3 Å². The Morgan fingerprint density at radius 2 is 2.35 bits per heavy atom. The van der Waals surface area contributed by atoms with E-state index in [9.17, 15) is 0 Å². The smallest absolute Gasteiger partial charge is 0.241 e. The molecule has 1 atom stereocenters. The van der Waals surface area contributed by atoms with Crippen molar-refractivity contribution in [2.75, 3.05) is 18.5 Å². The summed E-state index contributed by atoms with van der Waals surface area (Å²) in [5.41, 5.74) is -0.172. The lowest BCUT2D eigenvalue weighted by atomic mass is 10.0. The van der Waals surface area contributed by atoms with Gasteiger partial charge in [-0.3, -0.25) is 4.57 Å². The molecule has 8 heteroatoms. The highest BCUT2D eigenvalue weighted by molar-refractivity contribution is 6.28. The molecule has 7 nitrogen and oxygen atoms in total. The zero-order valence-corrected chi connectivity index (χ0v) is 11.8. The lowest BCUT2D eigenvalue weighted by Gasteiger charge is -2.23. The van der Waals surface area contributed by atoms with Gasteiger partial charge >= 0.3 is 0 Å². The number of hydrogen-bond acceptors (Lipinski definition) is 6. The van der Waals surface area contributed by atoms with Crippen LogP contribution in [0.25, 0.3) is 5.95 Å². The molecular formula is C12H15ClN6O. The molecule has 106 valence electrons. The number of rotatable bonds is 4. The Kier molecular flexibility index (Phi) is 3.54. The standard InChI is InChI=1S/C12H15ClN6O/c1-12(3-2-6-20-12)7-15-10-16-9(13)17-11(18-10)19-5-4-14-8-19/h4-5,8H,2-3,6-7H2,1H3,(H,15,16,17,18). The molecule has 20 heavy (non-hydrogen) atoms. The van der Waals surface area contributed by atoms with Gasteiger partial charge in [0.25, 0.3) is 0 Å². The second-order valence-electron chi connectivity index (χ2n) is 4.95. The maximum Gasteiger partial charge on any atom is 0.241 e. The molecule has 0 spiro atoms. The first-order valence-corrected chi connectivity index (χ1v) is 6.80. The average Bonchev–Trinajstić information content (AvgIpc) is 3.08. The molecule has 1 saturated heterocycles. The third-order valence-electron chi connectivity index (χ3n) is 3.25. The molecule has 1 N–H and O–H groups in total. The van der Waals surface area contributed by atoms with Gasteiger partial charge in [-0.1, -0.05) is 0 Å². The zero-order chi connectivity index (χ0) is 14.0. The van der Waals surface area contributed by atoms with Gasteiger partial charge in [-0.05, 0) is 31.4 Å². The lowest BCUT2D eigenvalue weighted by Crippen LogP contribution is -2.33. The molecule has 3 heterocycles. The van der Waals surface area contributed by atoms with Crippen molar-refractivity contribution in [3.63, 3.8) is 0 Å². The minimum Gasteiger partial charge on any atom is -0.373 e. The summed E-state index contributed by atoms with van der Waals surface area (Å²) in [6.07, 6.45) is 7.11. The highest BCUT2D eigenvalue weighted by Gasteiger charge is 2.29. The Bertz CT molecular complexity index is 582. The van der Waals surface area contributed by atoms with Gasteiger partial charge in [0.1, 0.15) is 6.33 Å². The number of imidazole rings is 1. The summed E-state index contributed by atoms with van der Waals surface area (Å²) in [4.78, 5) is 16.4. The fraction of sp³-hybridized carbons (Fsp3) is 0.500. The van der Waals surface area contributed by atoms with Crippen molar-refractivity contribution < 1.29 is 4.74 Å². The number of anilines is 1. The highest BCUT2D eigenvalue weighted by Crippen LogP contribution is 2.25. The van der Waals surface area contributed by atoms with E-state index in [0.29, 0.717) is 18.4 Å². The topological polar surface area (TPSA) is 77.8 Å². The van der Waals surface area contributed by atoms with E-state index in [2.05, 4.69) is 32.2 Å². The maximum atomic E-state index is 5.93. The van der Waals surface area contributed by atoms with E-state index >= 15 is 0 Å². The molecule has 3 rings (SSSR count). The molecule has 0 amide bonds. The summed E-state index contributed by atoms with van der Waals surface area (Å²) in [5.74, 6) is 0.868. The van der Waals surface area contributed by atoms with Gasteiger partial charge in [0.05, 0.1) is 5.60 Å². The predicted molar refractivity (Wildman–Crippen MR) is 74.0 cm³/mol. The molecule has 1 aliphatic rings. The Balaban J connectivity index is 1.76. The van der Waals surface area contributed by atoms with Gasteiger partial charge in [-0.2, -0.15) is 15.0 Å². The number of halogens is 1. The van der Waals surface area contributed by atoms with Crippen LogP contribution in [0.4, 0.5) is 5.95 Å². The Morgan fingerprint density at radius 1 is 1.45 bits per heavy atom. The fourth-order valence-corrected chi connectivity index (χ4v) is 2.31. The van der Waals surface area contributed by atoms with Crippen LogP contribution in [0.3, 0.4) is 0 Å². The van der Waals surface area contributed by atoms with Crippen molar-refractivity contribution >= 4 is 17.5 Å². The van der Waals surface area contributed by atoms with Gasteiger partial charge in [0.2, 0.25) is 17.2 Å². The molecule has 1 fully saturated rings. The minimum absolute atomic E-state index is 0.142. The van der Waals surface area contributed by atoms with E-state index in [1.165, 1.54) is 0 Å². The van der Waals surface area contributed by atoms with Crippen LogP contribution < -0.4 is 5.32 Å². The maximum absolute atomic E-state index is 5.93. The van der Waals surface area contributed by atoms with Crippen molar-refractivity contribution in [2.45, 2.75) is 25.4 Å². The normalized spacial score (nSPS) is 22.1. The zero-order valence-electron chi connectivity index (χ0n) is 11.1. The number of aromatic nitrogens is 5. The van der Waals surface area contributed by atoms with Crippen LogP contribution in [-0.2, 0) is 4.74 Å². The minimum atomic E-state index is -0.172. The molecule has 0 aromatic carbocycles.